The summed E-state index contributed by atoms with van der Waals surface area (Å²) in [6, 6.07) is 11.3. The van der Waals surface area contributed by atoms with Gasteiger partial charge >= 0.3 is 0 Å². The van der Waals surface area contributed by atoms with Crippen molar-refractivity contribution in [3.05, 3.63) is 82.9 Å². The van der Waals surface area contributed by atoms with E-state index in [1.54, 1.807) is 0 Å². The van der Waals surface area contributed by atoms with E-state index in [0.29, 0.717) is 5.70 Å². The van der Waals surface area contributed by atoms with Crippen molar-refractivity contribution < 1.29 is 13.6 Å². The van der Waals surface area contributed by atoms with E-state index in [2.05, 4.69) is 10.4 Å². The highest BCUT2D eigenvalue weighted by Crippen LogP contribution is 2.28. The molecule has 136 valence electrons. The lowest BCUT2D eigenvalue weighted by Crippen LogP contribution is -2.49. The molecular formula is C21H17F2N3O. The molecule has 2 aliphatic heterocycles. The number of hydrogen-bond donors (Lipinski definition) is 1. The van der Waals surface area contributed by atoms with Crippen molar-refractivity contribution in [3.63, 3.8) is 0 Å². The van der Waals surface area contributed by atoms with E-state index in [1.807, 2.05) is 44.2 Å². The molecule has 0 bridgehead atoms. The lowest BCUT2D eigenvalue weighted by molar-refractivity contribution is -0.128. The van der Waals surface area contributed by atoms with Crippen LogP contribution in [0.15, 0.2) is 59.7 Å². The van der Waals surface area contributed by atoms with Gasteiger partial charge in [-0.05, 0) is 37.6 Å². The number of benzene rings is 2. The molecule has 1 atom stereocenters. The zero-order valence-corrected chi connectivity index (χ0v) is 14.8. The van der Waals surface area contributed by atoms with Crippen molar-refractivity contribution in [1.29, 1.82) is 0 Å². The molecule has 0 saturated carbocycles. The van der Waals surface area contributed by atoms with Crippen LogP contribution in [-0.2, 0) is 4.79 Å². The Bertz CT molecular complexity index is 1020. The topological polar surface area (TPSA) is 44.7 Å². The Morgan fingerprint density at radius 1 is 1.07 bits per heavy atom. The average molecular weight is 365 g/mol. The van der Waals surface area contributed by atoms with E-state index >= 15 is 0 Å². The van der Waals surface area contributed by atoms with Crippen molar-refractivity contribution in [2.24, 2.45) is 5.10 Å². The SMILES string of the molecule is CC1=NN2C(=O)C=C(c3ccc(F)cc3F)NC2C=C1c1ccc(C)cc1. The smallest absolute Gasteiger partial charge is 0.271 e. The summed E-state index contributed by atoms with van der Waals surface area (Å²) in [5.41, 5.74) is 4.19. The summed E-state index contributed by atoms with van der Waals surface area (Å²) in [6.45, 7) is 3.85. The first-order valence-corrected chi connectivity index (χ1v) is 8.53. The van der Waals surface area contributed by atoms with E-state index in [4.69, 9.17) is 0 Å². The van der Waals surface area contributed by atoms with Crippen LogP contribution in [0.2, 0.25) is 0 Å². The Labute approximate surface area is 155 Å². The van der Waals surface area contributed by atoms with Gasteiger partial charge < -0.3 is 5.32 Å². The van der Waals surface area contributed by atoms with E-state index < -0.39 is 17.8 Å². The molecule has 4 nitrogen and oxygen atoms in total. The van der Waals surface area contributed by atoms with Gasteiger partial charge in [0.15, 0.2) is 0 Å². The minimum atomic E-state index is -0.728. The summed E-state index contributed by atoms with van der Waals surface area (Å²) in [5, 5.41) is 8.83. The Morgan fingerprint density at radius 2 is 1.81 bits per heavy atom. The van der Waals surface area contributed by atoms with E-state index in [0.717, 1.165) is 34.5 Å². The number of halogens is 2. The maximum Gasteiger partial charge on any atom is 0.271 e. The Hall–Kier alpha value is -3.28. The lowest BCUT2D eigenvalue weighted by atomic mass is 9.98. The van der Waals surface area contributed by atoms with Crippen LogP contribution in [0, 0.1) is 18.6 Å². The largest absolute Gasteiger partial charge is 0.360 e. The van der Waals surface area contributed by atoms with E-state index in [9.17, 15) is 13.6 Å². The zero-order valence-electron chi connectivity index (χ0n) is 14.8. The number of nitrogens with zero attached hydrogens (tertiary/aromatic N) is 2. The molecular weight excluding hydrogens is 348 g/mol. The second-order valence-corrected chi connectivity index (χ2v) is 6.59. The number of nitrogens with one attached hydrogen (secondary N) is 1. The number of amides is 1. The first kappa shape index (κ1) is 17.1. The van der Waals surface area contributed by atoms with Gasteiger partial charge in [0.1, 0.15) is 17.8 Å². The van der Waals surface area contributed by atoms with Gasteiger partial charge in [0.2, 0.25) is 0 Å². The minimum Gasteiger partial charge on any atom is -0.360 e. The molecule has 0 saturated heterocycles. The molecule has 0 aliphatic carbocycles. The van der Waals surface area contributed by atoms with Crippen molar-refractivity contribution >= 4 is 22.9 Å². The van der Waals surface area contributed by atoms with Crippen molar-refractivity contribution in [1.82, 2.24) is 10.3 Å². The number of fused-ring (bicyclic) bond motifs is 1. The predicted molar refractivity (Wildman–Crippen MR) is 100 cm³/mol. The quantitative estimate of drug-likeness (QED) is 0.879. The maximum absolute atomic E-state index is 14.1. The van der Waals surface area contributed by atoms with Gasteiger partial charge in [-0.3, -0.25) is 4.79 Å². The molecule has 2 heterocycles. The first-order valence-electron chi connectivity index (χ1n) is 8.53. The molecule has 0 fully saturated rings. The summed E-state index contributed by atoms with van der Waals surface area (Å²) in [6.07, 6.45) is 2.61. The third-order valence-electron chi connectivity index (χ3n) is 4.62. The lowest BCUT2D eigenvalue weighted by Gasteiger charge is -2.35. The molecule has 0 radical (unpaired) electrons. The monoisotopic (exact) mass is 365 g/mol. The Kier molecular flexibility index (Phi) is 4.11. The van der Waals surface area contributed by atoms with Gasteiger partial charge in [0, 0.05) is 23.3 Å². The molecule has 2 aromatic rings. The third-order valence-corrected chi connectivity index (χ3v) is 4.62. The number of allylic oxidation sites excluding steroid dienone is 1. The summed E-state index contributed by atoms with van der Waals surface area (Å²) in [4.78, 5) is 12.5. The number of rotatable bonds is 2. The Morgan fingerprint density at radius 3 is 2.52 bits per heavy atom. The number of carbonyl (C=O) groups is 1. The molecule has 4 rings (SSSR count). The van der Waals surface area contributed by atoms with Crippen LogP contribution in [0.5, 0.6) is 0 Å². The van der Waals surface area contributed by atoms with Gasteiger partial charge in [0.25, 0.3) is 5.91 Å². The average Bonchev–Trinajstić information content (AvgIpc) is 2.62. The van der Waals surface area contributed by atoms with E-state index in [-0.39, 0.29) is 11.5 Å². The molecule has 0 spiro atoms. The van der Waals surface area contributed by atoms with Crippen molar-refractivity contribution in [3.8, 4) is 0 Å². The predicted octanol–water partition coefficient (Wildman–Crippen LogP) is 3.85. The van der Waals surface area contributed by atoms with Crippen LogP contribution < -0.4 is 5.32 Å². The highest BCUT2D eigenvalue weighted by Gasteiger charge is 2.31. The molecule has 1 unspecified atom stereocenters. The minimum absolute atomic E-state index is 0.140. The summed E-state index contributed by atoms with van der Waals surface area (Å²) in [5.74, 6) is -1.76. The van der Waals surface area contributed by atoms with E-state index in [1.165, 1.54) is 17.2 Å². The van der Waals surface area contributed by atoms with Crippen LogP contribution in [0.25, 0.3) is 11.3 Å². The number of aryl methyl sites for hydroxylation is 1. The normalized spacial score (nSPS) is 19.0. The zero-order chi connectivity index (χ0) is 19.1. The number of hydrogen-bond acceptors (Lipinski definition) is 3. The first-order chi connectivity index (χ1) is 12.9. The van der Waals surface area contributed by atoms with Crippen molar-refractivity contribution in [2.45, 2.75) is 20.0 Å². The second-order valence-electron chi connectivity index (χ2n) is 6.59. The molecule has 0 aromatic heterocycles. The Balaban J connectivity index is 1.71. The standard InChI is InChI=1S/C21H17F2N3O/c1-12-3-5-14(6-4-12)17-10-20-24-19(11-21(27)26(20)25-13(17)2)16-8-7-15(22)9-18(16)23/h3-11,20,24H,1-2H3. The highest BCUT2D eigenvalue weighted by molar-refractivity contribution is 6.23. The van der Waals surface area contributed by atoms with Crippen LogP contribution >= 0.6 is 0 Å². The number of hydrazone groups is 1. The van der Waals surface area contributed by atoms with Gasteiger partial charge in [-0.15, -0.1) is 0 Å². The second kappa shape index (κ2) is 6.46. The molecule has 27 heavy (non-hydrogen) atoms. The number of carbonyl (C=O) groups excluding carboxylic acids is 1. The van der Waals surface area contributed by atoms with Gasteiger partial charge in [-0.2, -0.15) is 5.10 Å². The van der Waals surface area contributed by atoms with Crippen LogP contribution in [0.3, 0.4) is 0 Å². The summed E-state index contributed by atoms with van der Waals surface area (Å²) >= 11 is 0. The van der Waals surface area contributed by atoms with Gasteiger partial charge in [-0.25, -0.2) is 13.8 Å². The molecule has 2 aliphatic rings. The van der Waals surface area contributed by atoms with Crippen LogP contribution in [-0.4, -0.2) is 22.8 Å². The van der Waals surface area contributed by atoms with Crippen LogP contribution in [0.4, 0.5) is 8.78 Å². The van der Waals surface area contributed by atoms with Gasteiger partial charge in [0.05, 0.1) is 11.4 Å². The molecule has 1 N–H and O–H groups in total. The fourth-order valence-corrected chi connectivity index (χ4v) is 3.21. The third kappa shape index (κ3) is 3.14. The fourth-order valence-electron chi connectivity index (χ4n) is 3.21. The van der Waals surface area contributed by atoms with Gasteiger partial charge in [-0.1, -0.05) is 29.8 Å². The summed E-state index contributed by atoms with van der Waals surface area (Å²) < 4.78 is 27.3. The van der Waals surface area contributed by atoms with Crippen LogP contribution in [0.1, 0.15) is 23.6 Å². The molecule has 2 aromatic carbocycles. The summed E-state index contributed by atoms with van der Waals surface area (Å²) in [7, 11) is 0. The molecule has 6 heteroatoms. The van der Waals surface area contributed by atoms with Crippen molar-refractivity contribution in [2.75, 3.05) is 0 Å². The fraction of sp³-hybridized carbons (Fsp3) is 0.143. The highest BCUT2D eigenvalue weighted by atomic mass is 19.1. The maximum atomic E-state index is 14.1. The molecule has 1 amide bonds.